The zero-order chi connectivity index (χ0) is 16.7. The summed E-state index contributed by atoms with van der Waals surface area (Å²) in [4.78, 5) is 34.0. The summed E-state index contributed by atoms with van der Waals surface area (Å²) in [5, 5.41) is 11.0. The molecule has 6 nitrogen and oxygen atoms in total. The minimum absolute atomic E-state index is 0.0690. The first-order valence-corrected chi connectivity index (χ1v) is 6.45. The first-order chi connectivity index (χ1) is 10.3. The maximum Gasteiger partial charge on any atom is 0.326 e. The number of esters is 1. The van der Waals surface area contributed by atoms with Crippen LogP contribution < -0.4 is 5.32 Å². The number of hydrogen-bond acceptors (Lipinski definition) is 4. The van der Waals surface area contributed by atoms with Crippen molar-refractivity contribution in [2.45, 2.75) is 25.8 Å². The highest BCUT2D eigenvalue weighted by Crippen LogP contribution is 2.12. The molecule has 0 radical (unpaired) electrons. The standard InChI is InChI=1S/C14H15F2NO5/c1-2-22-13(19)7-11(14(20)21)17-12(18)6-8-9(15)4-3-5-10(8)16/h3-5,11H,2,6-7H2,1H3,(H,17,18)(H,20,21)/t11-/m1/s1. The number of ether oxygens (including phenoxy) is 1. The van der Waals surface area contributed by atoms with E-state index in [1.807, 2.05) is 5.32 Å². The molecule has 0 spiro atoms. The molecule has 0 saturated heterocycles. The minimum atomic E-state index is -1.53. The Morgan fingerprint density at radius 2 is 1.86 bits per heavy atom. The number of nitrogens with one attached hydrogen (secondary N) is 1. The third-order valence-corrected chi connectivity index (χ3v) is 2.71. The fourth-order valence-electron chi connectivity index (χ4n) is 1.69. The molecular weight excluding hydrogens is 300 g/mol. The van der Waals surface area contributed by atoms with Gasteiger partial charge in [0.2, 0.25) is 5.91 Å². The van der Waals surface area contributed by atoms with Crippen molar-refractivity contribution in [3.05, 3.63) is 35.4 Å². The van der Waals surface area contributed by atoms with Crippen molar-refractivity contribution in [2.75, 3.05) is 6.61 Å². The SMILES string of the molecule is CCOC(=O)C[C@@H](NC(=O)Cc1c(F)cccc1F)C(=O)O. The molecule has 0 bridgehead atoms. The van der Waals surface area contributed by atoms with Crippen LogP contribution in [0.1, 0.15) is 18.9 Å². The Kier molecular flexibility index (Phi) is 6.43. The summed E-state index contributed by atoms with van der Waals surface area (Å²) in [7, 11) is 0. The highest BCUT2D eigenvalue weighted by Gasteiger charge is 2.25. The summed E-state index contributed by atoms with van der Waals surface area (Å²) in [6, 6.07) is 1.59. The summed E-state index contributed by atoms with van der Waals surface area (Å²) >= 11 is 0. The van der Waals surface area contributed by atoms with Gasteiger partial charge in [-0.05, 0) is 19.1 Å². The topological polar surface area (TPSA) is 92.7 Å². The Labute approximate surface area is 125 Å². The number of carboxylic acids is 1. The van der Waals surface area contributed by atoms with E-state index < -0.39 is 53.9 Å². The summed E-state index contributed by atoms with van der Waals surface area (Å²) in [6.45, 7) is 1.62. The largest absolute Gasteiger partial charge is 0.480 e. The van der Waals surface area contributed by atoms with Gasteiger partial charge in [0.05, 0.1) is 19.4 Å². The molecule has 8 heteroatoms. The highest BCUT2D eigenvalue weighted by molar-refractivity contribution is 5.88. The number of carbonyl (C=O) groups excluding carboxylic acids is 2. The normalized spacial score (nSPS) is 11.6. The molecule has 0 aliphatic carbocycles. The van der Waals surface area contributed by atoms with Crippen LogP contribution in [0.25, 0.3) is 0 Å². The number of benzene rings is 1. The molecule has 0 heterocycles. The first kappa shape index (κ1) is 17.5. The molecule has 0 fully saturated rings. The predicted molar refractivity (Wildman–Crippen MR) is 70.9 cm³/mol. The van der Waals surface area contributed by atoms with Crippen LogP contribution in [-0.2, 0) is 25.5 Å². The lowest BCUT2D eigenvalue weighted by Crippen LogP contribution is -2.43. The van der Waals surface area contributed by atoms with Gasteiger partial charge in [-0.3, -0.25) is 9.59 Å². The van der Waals surface area contributed by atoms with Gasteiger partial charge in [-0.1, -0.05) is 6.07 Å². The van der Waals surface area contributed by atoms with Crippen molar-refractivity contribution in [2.24, 2.45) is 0 Å². The van der Waals surface area contributed by atoms with Crippen LogP contribution in [0.2, 0.25) is 0 Å². The molecule has 0 saturated carbocycles. The second kappa shape index (κ2) is 8.06. The Bertz CT molecular complexity index is 556. The Balaban J connectivity index is 2.72. The monoisotopic (exact) mass is 315 g/mol. The van der Waals surface area contributed by atoms with Gasteiger partial charge in [0, 0.05) is 5.56 Å². The van der Waals surface area contributed by atoms with Gasteiger partial charge in [0.1, 0.15) is 17.7 Å². The lowest BCUT2D eigenvalue weighted by molar-refractivity contribution is -0.150. The van der Waals surface area contributed by atoms with Crippen LogP contribution in [0.5, 0.6) is 0 Å². The van der Waals surface area contributed by atoms with Crippen LogP contribution in [0.4, 0.5) is 8.78 Å². The molecule has 120 valence electrons. The van der Waals surface area contributed by atoms with Gasteiger partial charge in [0.25, 0.3) is 0 Å². The molecular formula is C14H15F2NO5. The number of carboxylic acid groups (broad SMARTS) is 1. The average molecular weight is 315 g/mol. The summed E-state index contributed by atoms with van der Waals surface area (Å²) in [6.07, 6.45) is -1.25. The summed E-state index contributed by atoms with van der Waals surface area (Å²) < 4.78 is 31.4. The number of hydrogen-bond donors (Lipinski definition) is 2. The first-order valence-electron chi connectivity index (χ1n) is 6.45. The van der Waals surface area contributed by atoms with E-state index in [4.69, 9.17) is 5.11 Å². The number of aliphatic carboxylic acids is 1. The second-order valence-electron chi connectivity index (χ2n) is 4.34. The van der Waals surface area contributed by atoms with Gasteiger partial charge in [-0.2, -0.15) is 0 Å². The van der Waals surface area contributed by atoms with Crippen molar-refractivity contribution in [1.82, 2.24) is 5.32 Å². The molecule has 1 aromatic rings. The average Bonchev–Trinajstić information content (AvgIpc) is 2.42. The van der Waals surface area contributed by atoms with Gasteiger partial charge in [-0.15, -0.1) is 0 Å². The molecule has 0 aromatic heterocycles. The van der Waals surface area contributed by atoms with Crippen molar-refractivity contribution < 1.29 is 33.0 Å². The molecule has 0 unspecified atom stereocenters. The van der Waals surface area contributed by atoms with E-state index in [2.05, 4.69) is 4.74 Å². The molecule has 1 atom stereocenters. The van der Waals surface area contributed by atoms with Crippen LogP contribution in [0, 0.1) is 11.6 Å². The van der Waals surface area contributed by atoms with Crippen molar-refractivity contribution in [3.63, 3.8) is 0 Å². The lowest BCUT2D eigenvalue weighted by Gasteiger charge is -2.14. The molecule has 1 aromatic carbocycles. The van der Waals surface area contributed by atoms with E-state index in [0.717, 1.165) is 18.2 Å². The van der Waals surface area contributed by atoms with E-state index in [9.17, 15) is 23.2 Å². The number of rotatable bonds is 7. The minimum Gasteiger partial charge on any atom is -0.480 e. The van der Waals surface area contributed by atoms with Crippen molar-refractivity contribution >= 4 is 17.8 Å². The molecule has 22 heavy (non-hydrogen) atoms. The van der Waals surface area contributed by atoms with Gasteiger partial charge < -0.3 is 15.2 Å². The Morgan fingerprint density at radius 1 is 1.27 bits per heavy atom. The lowest BCUT2D eigenvalue weighted by atomic mass is 10.1. The molecule has 1 amide bonds. The third kappa shape index (κ3) is 5.12. The van der Waals surface area contributed by atoms with Gasteiger partial charge >= 0.3 is 11.9 Å². The van der Waals surface area contributed by atoms with Gasteiger partial charge in [0.15, 0.2) is 0 Å². The smallest absolute Gasteiger partial charge is 0.326 e. The molecule has 1 rings (SSSR count). The molecule has 0 aliphatic heterocycles. The summed E-state index contributed by atoms with van der Waals surface area (Å²) in [5.41, 5.74) is -0.472. The Morgan fingerprint density at radius 3 is 2.36 bits per heavy atom. The second-order valence-corrected chi connectivity index (χ2v) is 4.34. The number of amides is 1. The van der Waals surface area contributed by atoms with Crippen LogP contribution in [-0.4, -0.2) is 35.6 Å². The van der Waals surface area contributed by atoms with Gasteiger partial charge in [-0.25, -0.2) is 13.6 Å². The maximum atomic E-state index is 13.4. The summed E-state index contributed by atoms with van der Waals surface area (Å²) in [5.74, 6) is -4.98. The van der Waals surface area contributed by atoms with Crippen LogP contribution in [0.3, 0.4) is 0 Å². The van der Waals surface area contributed by atoms with Crippen LogP contribution >= 0.6 is 0 Å². The number of carbonyl (C=O) groups is 3. The van der Waals surface area contributed by atoms with E-state index in [0.29, 0.717) is 0 Å². The number of halogens is 2. The zero-order valence-corrected chi connectivity index (χ0v) is 11.8. The zero-order valence-electron chi connectivity index (χ0n) is 11.8. The fourth-order valence-corrected chi connectivity index (χ4v) is 1.69. The Hall–Kier alpha value is -2.51. The highest BCUT2D eigenvalue weighted by atomic mass is 19.1. The van der Waals surface area contributed by atoms with E-state index in [1.54, 1.807) is 6.92 Å². The van der Waals surface area contributed by atoms with E-state index in [1.165, 1.54) is 0 Å². The van der Waals surface area contributed by atoms with E-state index in [-0.39, 0.29) is 6.61 Å². The maximum absolute atomic E-state index is 13.4. The quantitative estimate of drug-likeness (QED) is 0.733. The molecule has 2 N–H and O–H groups in total. The van der Waals surface area contributed by atoms with E-state index >= 15 is 0 Å². The molecule has 0 aliphatic rings. The third-order valence-electron chi connectivity index (χ3n) is 2.71. The van der Waals surface area contributed by atoms with Crippen LogP contribution in [0.15, 0.2) is 18.2 Å². The fraction of sp³-hybridized carbons (Fsp3) is 0.357. The predicted octanol–water partition coefficient (Wildman–Crippen LogP) is 1.03. The van der Waals surface area contributed by atoms with Crippen molar-refractivity contribution in [3.8, 4) is 0 Å². The van der Waals surface area contributed by atoms with Crippen molar-refractivity contribution in [1.29, 1.82) is 0 Å².